The Labute approximate surface area is 201 Å². The number of para-hydroxylation sites is 1. The van der Waals surface area contributed by atoms with Crippen LogP contribution in [0.1, 0.15) is 37.5 Å². The summed E-state index contributed by atoms with van der Waals surface area (Å²) >= 11 is 0. The lowest BCUT2D eigenvalue weighted by molar-refractivity contribution is 0.411. The Kier molecular flexibility index (Phi) is 4.57. The molecule has 0 aliphatic carbocycles. The van der Waals surface area contributed by atoms with E-state index in [0.717, 1.165) is 12.1 Å². The van der Waals surface area contributed by atoms with Crippen molar-refractivity contribution in [1.29, 1.82) is 0 Å². The number of anilines is 3. The number of hydrogen-bond acceptors (Lipinski definition) is 2. The van der Waals surface area contributed by atoms with Crippen LogP contribution in [-0.4, -0.2) is 4.98 Å². The first-order valence-electron chi connectivity index (χ1n) is 12.1. The van der Waals surface area contributed by atoms with E-state index in [2.05, 4.69) is 112 Å². The highest BCUT2D eigenvalue weighted by atomic mass is 15.2. The molecule has 1 aromatic heterocycles. The second-order valence-electron chi connectivity index (χ2n) is 10.9. The highest BCUT2D eigenvalue weighted by Crippen LogP contribution is 2.53. The lowest BCUT2D eigenvalue weighted by Crippen LogP contribution is -2.17. The van der Waals surface area contributed by atoms with Gasteiger partial charge in [0.15, 0.2) is 0 Å². The van der Waals surface area contributed by atoms with E-state index in [0.29, 0.717) is 0 Å². The number of nitrogens with zero attached hydrogens (tertiary/aromatic N) is 2. The average molecular weight is 443 g/mol. The molecule has 2 heteroatoms. The zero-order valence-corrected chi connectivity index (χ0v) is 20.6. The SMILES string of the molecule is Cc1cc(C)c2ccc3c(c2c1)N(c1ccccc1)c1cc(CC(C)(C)C)cc2ccnc-3c12. The topological polar surface area (TPSA) is 16.1 Å². The summed E-state index contributed by atoms with van der Waals surface area (Å²) in [5, 5.41) is 5.07. The summed E-state index contributed by atoms with van der Waals surface area (Å²) in [6.45, 7) is 11.3. The van der Waals surface area contributed by atoms with Crippen molar-refractivity contribution in [3.05, 3.63) is 95.7 Å². The van der Waals surface area contributed by atoms with Gasteiger partial charge in [0.05, 0.1) is 17.1 Å². The zero-order valence-electron chi connectivity index (χ0n) is 20.6. The molecule has 0 atom stereocenters. The minimum absolute atomic E-state index is 0.210. The number of hydrogen-bond donors (Lipinski definition) is 0. The van der Waals surface area contributed by atoms with E-state index in [-0.39, 0.29) is 5.41 Å². The molecular formula is C32H30N2. The average Bonchev–Trinajstić information content (AvgIpc) is 2.78. The molecule has 2 heterocycles. The molecule has 0 spiro atoms. The standard InChI is InChI=1S/C32H30N2/c1-20-15-21(2)25-11-12-26-30-29-23(13-14-33-30)17-22(19-32(3,4)5)18-28(29)34(31(26)27(25)16-20)24-9-7-6-8-10-24/h6-18H,19H2,1-5H3. The number of benzene rings is 4. The Morgan fingerprint density at radius 2 is 1.62 bits per heavy atom. The fourth-order valence-electron chi connectivity index (χ4n) is 5.63. The molecule has 0 amide bonds. The molecule has 0 radical (unpaired) electrons. The van der Waals surface area contributed by atoms with Crippen LogP contribution in [0.5, 0.6) is 0 Å². The van der Waals surface area contributed by atoms with Gasteiger partial charge >= 0.3 is 0 Å². The van der Waals surface area contributed by atoms with Crippen molar-refractivity contribution >= 4 is 38.6 Å². The van der Waals surface area contributed by atoms with Crippen LogP contribution in [0.4, 0.5) is 17.1 Å². The van der Waals surface area contributed by atoms with Crippen LogP contribution >= 0.6 is 0 Å². The molecule has 0 saturated carbocycles. The molecule has 4 aromatic carbocycles. The van der Waals surface area contributed by atoms with Crippen molar-refractivity contribution in [2.24, 2.45) is 5.41 Å². The van der Waals surface area contributed by atoms with E-state index in [1.807, 2.05) is 6.20 Å². The summed E-state index contributed by atoms with van der Waals surface area (Å²) in [4.78, 5) is 7.41. The Bertz CT molecular complexity index is 1570. The van der Waals surface area contributed by atoms with Gasteiger partial charge in [0.25, 0.3) is 0 Å². The maximum absolute atomic E-state index is 4.94. The quantitative estimate of drug-likeness (QED) is 0.266. The van der Waals surface area contributed by atoms with Crippen molar-refractivity contribution < 1.29 is 0 Å². The van der Waals surface area contributed by atoms with Crippen LogP contribution in [0.3, 0.4) is 0 Å². The summed E-state index contributed by atoms with van der Waals surface area (Å²) in [6, 6.07) is 26.9. The predicted octanol–water partition coefficient (Wildman–Crippen LogP) is 9.04. The van der Waals surface area contributed by atoms with Gasteiger partial charge in [-0.15, -0.1) is 0 Å². The monoisotopic (exact) mass is 442 g/mol. The molecule has 34 heavy (non-hydrogen) atoms. The van der Waals surface area contributed by atoms with Gasteiger partial charge in [-0.3, -0.25) is 4.98 Å². The van der Waals surface area contributed by atoms with Crippen LogP contribution in [-0.2, 0) is 6.42 Å². The Morgan fingerprint density at radius 1 is 0.824 bits per heavy atom. The van der Waals surface area contributed by atoms with Gasteiger partial charge in [0.2, 0.25) is 0 Å². The smallest absolute Gasteiger partial charge is 0.0822 e. The third-order valence-corrected chi connectivity index (χ3v) is 6.83. The molecule has 1 aliphatic heterocycles. The molecule has 1 aliphatic rings. The van der Waals surface area contributed by atoms with Gasteiger partial charge in [-0.2, -0.15) is 0 Å². The molecule has 0 fully saturated rings. The molecule has 6 rings (SSSR count). The molecule has 5 aromatic rings. The van der Waals surface area contributed by atoms with Crippen LogP contribution in [0.2, 0.25) is 0 Å². The van der Waals surface area contributed by atoms with Crippen molar-refractivity contribution in [1.82, 2.24) is 4.98 Å². The lowest BCUT2D eigenvalue weighted by atomic mass is 9.85. The van der Waals surface area contributed by atoms with E-state index >= 15 is 0 Å². The number of fused-ring (bicyclic) bond motifs is 4. The summed E-state index contributed by atoms with van der Waals surface area (Å²) in [7, 11) is 0. The van der Waals surface area contributed by atoms with E-state index < -0.39 is 0 Å². The molecule has 168 valence electrons. The van der Waals surface area contributed by atoms with Crippen LogP contribution in [0, 0.1) is 19.3 Å². The predicted molar refractivity (Wildman–Crippen MR) is 146 cm³/mol. The van der Waals surface area contributed by atoms with Gasteiger partial charge in [-0.25, -0.2) is 0 Å². The normalized spacial score (nSPS) is 12.9. The summed E-state index contributed by atoms with van der Waals surface area (Å²) in [6.07, 6.45) is 2.99. The minimum atomic E-state index is 0.210. The van der Waals surface area contributed by atoms with Gasteiger partial charge in [0, 0.05) is 28.2 Å². The maximum atomic E-state index is 4.94. The van der Waals surface area contributed by atoms with Gasteiger partial charge in [0.1, 0.15) is 0 Å². The maximum Gasteiger partial charge on any atom is 0.0822 e. The van der Waals surface area contributed by atoms with Crippen LogP contribution < -0.4 is 4.90 Å². The molecule has 2 nitrogen and oxygen atoms in total. The van der Waals surface area contributed by atoms with Crippen molar-refractivity contribution in [2.75, 3.05) is 4.90 Å². The van der Waals surface area contributed by atoms with Gasteiger partial charge in [-0.05, 0) is 77.9 Å². The molecule has 0 bridgehead atoms. The van der Waals surface area contributed by atoms with E-state index in [1.165, 1.54) is 60.9 Å². The lowest BCUT2D eigenvalue weighted by Gasteiger charge is -2.35. The first-order chi connectivity index (χ1) is 16.3. The molecule has 0 unspecified atom stereocenters. The number of pyridine rings is 1. The van der Waals surface area contributed by atoms with Crippen molar-refractivity contribution in [3.8, 4) is 11.3 Å². The summed E-state index contributed by atoms with van der Waals surface area (Å²) in [5.41, 5.74) is 10.1. The van der Waals surface area contributed by atoms with E-state index in [4.69, 9.17) is 4.98 Å². The van der Waals surface area contributed by atoms with Crippen molar-refractivity contribution in [2.45, 2.75) is 41.0 Å². The Balaban J connectivity index is 1.77. The highest BCUT2D eigenvalue weighted by molar-refractivity contribution is 6.18. The van der Waals surface area contributed by atoms with Crippen LogP contribution in [0.25, 0.3) is 32.8 Å². The number of aromatic nitrogens is 1. The third kappa shape index (κ3) is 3.28. The third-order valence-electron chi connectivity index (χ3n) is 6.83. The fourth-order valence-corrected chi connectivity index (χ4v) is 5.63. The first kappa shape index (κ1) is 20.9. The summed E-state index contributed by atoms with van der Waals surface area (Å²) in [5.74, 6) is 0. The molecular weight excluding hydrogens is 412 g/mol. The fraction of sp³-hybridized carbons (Fsp3) is 0.219. The second kappa shape index (κ2) is 7.43. The molecule has 0 N–H and O–H groups in total. The largest absolute Gasteiger partial charge is 0.308 e. The molecule has 0 saturated heterocycles. The van der Waals surface area contributed by atoms with Gasteiger partial charge < -0.3 is 4.90 Å². The van der Waals surface area contributed by atoms with Crippen molar-refractivity contribution in [3.63, 3.8) is 0 Å². The minimum Gasteiger partial charge on any atom is -0.308 e. The zero-order chi connectivity index (χ0) is 23.6. The summed E-state index contributed by atoms with van der Waals surface area (Å²) < 4.78 is 0. The first-order valence-corrected chi connectivity index (χ1v) is 12.1. The van der Waals surface area contributed by atoms with E-state index in [9.17, 15) is 0 Å². The number of rotatable bonds is 2. The Morgan fingerprint density at radius 3 is 2.38 bits per heavy atom. The second-order valence-corrected chi connectivity index (χ2v) is 10.9. The highest BCUT2D eigenvalue weighted by Gasteiger charge is 2.29. The van der Waals surface area contributed by atoms with E-state index in [1.54, 1.807) is 0 Å². The van der Waals surface area contributed by atoms with Crippen LogP contribution in [0.15, 0.2) is 79.0 Å². The number of aryl methyl sites for hydroxylation is 2. The van der Waals surface area contributed by atoms with Gasteiger partial charge in [-0.1, -0.05) is 68.8 Å². The Hall–Kier alpha value is -3.65.